The molecule has 0 bridgehead atoms. The Balaban J connectivity index is 1.33. The van der Waals surface area contributed by atoms with Crippen molar-refractivity contribution in [3.8, 4) is 5.75 Å². The fraction of sp³-hybridized carbons (Fsp3) is 0.250. The van der Waals surface area contributed by atoms with Gasteiger partial charge in [-0.1, -0.05) is 41.4 Å². The molecule has 4 rings (SSSR count). The van der Waals surface area contributed by atoms with Crippen LogP contribution in [0.5, 0.6) is 5.75 Å². The van der Waals surface area contributed by atoms with Gasteiger partial charge in [-0.05, 0) is 47.5 Å². The number of amides is 1. The second kappa shape index (κ2) is 10.1. The van der Waals surface area contributed by atoms with Crippen molar-refractivity contribution in [1.82, 2.24) is 14.8 Å². The second-order valence-electron chi connectivity index (χ2n) is 7.49. The number of hydrogen-bond acceptors (Lipinski definition) is 4. The summed E-state index contributed by atoms with van der Waals surface area (Å²) in [4.78, 5) is 21.4. The first-order valence-electron chi connectivity index (χ1n) is 10.2. The van der Waals surface area contributed by atoms with Crippen molar-refractivity contribution in [1.29, 1.82) is 0 Å². The van der Waals surface area contributed by atoms with Crippen LogP contribution in [0.15, 0.2) is 67.0 Å². The molecule has 0 unspecified atom stereocenters. The van der Waals surface area contributed by atoms with E-state index in [9.17, 15) is 4.79 Å². The van der Waals surface area contributed by atoms with E-state index in [2.05, 4.69) is 16.0 Å². The molecule has 1 fully saturated rings. The topological polar surface area (TPSA) is 45.7 Å². The lowest BCUT2D eigenvalue weighted by atomic mass is 10.1. The summed E-state index contributed by atoms with van der Waals surface area (Å²) in [5, 5.41) is 1.02. The SMILES string of the molecule is O=C(c1cccc(COc2ccc(Cl)cc2Cl)c1)N1CCN(Cc2cccnc2)CC1. The van der Waals surface area contributed by atoms with Crippen LogP contribution in [0, 0.1) is 0 Å². The third-order valence-electron chi connectivity index (χ3n) is 5.25. The number of nitrogens with zero attached hydrogens (tertiary/aromatic N) is 3. The van der Waals surface area contributed by atoms with Gasteiger partial charge < -0.3 is 9.64 Å². The quantitative estimate of drug-likeness (QED) is 0.528. The smallest absolute Gasteiger partial charge is 0.253 e. The zero-order chi connectivity index (χ0) is 21.6. The summed E-state index contributed by atoms with van der Waals surface area (Å²) in [5.41, 5.74) is 2.77. The number of carbonyl (C=O) groups is 1. The van der Waals surface area contributed by atoms with Crippen LogP contribution < -0.4 is 4.74 Å². The summed E-state index contributed by atoms with van der Waals surface area (Å²) < 4.78 is 5.80. The summed E-state index contributed by atoms with van der Waals surface area (Å²) in [5.74, 6) is 0.611. The molecule has 1 saturated heterocycles. The number of aromatic nitrogens is 1. The Morgan fingerprint density at radius 3 is 2.52 bits per heavy atom. The Bertz CT molecular complexity index is 1040. The van der Waals surface area contributed by atoms with Gasteiger partial charge in [-0.2, -0.15) is 0 Å². The van der Waals surface area contributed by atoms with Crippen LogP contribution in [-0.4, -0.2) is 46.9 Å². The van der Waals surface area contributed by atoms with Crippen LogP contribution >= 0.6 is 23.2 Å². The maximum absolute atomic E-state index is 13.0. The Morgan fingerprint density at radius 1 is 0.968 bits per heavy atom. The van der Waals surface area contributed by atoms with Crippen LogP contribution in [0.25, 0.3) is 0 Å². The summed E-state index contributed by atoms with van der Waals surface area (Å²) in [6.45, 7) is 4.29. The van der Waals surface area contributed by atoms with Crippen molar-refractivity contribution in [3.63, 3.8) is 0 Å². The molecular weight excluding hydrogens is 433 g/mol. The minimum absolute atomic E-state index is 0.0485. The van der Waals surface area contributed by atoms with Gasteiger partial charge in [-0.15, -0.1) is 0 Å². The fourth-order valence-corrected chi connectivity index (χ4v) is 4.05. The number of ether oxygens (including phenoxy) is 1. The molecule has 3 aromatic rings. The van der Waals surface area contributed by atoms with Gasteiger partial charge in [0.05, 0.1) is 5.02 Å². The average molecular weight is 456 g/mol. The number of hydrogen-bond donors (Lipinski definition) is 0. The molecule has 5 nitrogen and oxygen atoms in total. The lowest BCUT2D eigenvalue weighted by molar-refractivity contribution is 0.0628. The number of carbonyl (C=O) groups excluding carboxylic acids is 1. The zero-order valence-electron chi connectivity index (χ0n) is 17.0. The Hall–Kier alpha value is -2.60. The van der Waals surface area contributed by atoms with Crippen LogP contribution in [0.4, 0.5) is 0 Å². The van der Waals surface area contributed by atoms with Gasteiger partial charge in [0.2, 0.25) is 0 Å². The van der Waals surface area contributed by atoms with Crippen molar-refractivity contribution in [3.05, 3.63) is 93.7 Å². The highest BCUT2D eigenvalue weighted by atomic mass is 35.5. The predicted molar refractivity (Wildman–Crippen MR) is 123 cm³/mol. The molecule has 2 heterocycles. The van der Waals surface area contributed by atoms with E-state index in [4.69, 9.17) is 27.9 Å². The molecule has 0 atom stereocenters. The summed E-state index contributed by atoms with van der Waals surface area (Å²) in [6, 6.07) is 16.7. The molecule has 0 N–H and O–H groups in total. The third kappa shape index (κ3) is 5.76. The third-order valence-corrected chi connectivity index (χ3v) is 5.78. The van der Waals surface area contributed by atoms with Gasteiger partial charge in [0.15, 0.2) is 0 Å². The van der Waals surface area contributed by atoms with Gasteiger partial charge in [-0.25, -0.2) is 0 Å². The molecular formula is C24H23Cl2N3O2. The highest BCUT2D eigenvalue weighted by Gasteiger charge is 2.22. The Kier molecular flexibility index (Phi) is 7.07. The molecule has 0 radical (unpaired) electrons. The molecule has 2 aromatic carbocycles. The number of rotatable bonds is 6. The predicted octanol–water partition coefficient (Wildman–Crippen LogP) is 4.93. The molecule has 7 heteroatoms. The number of benzene rings is 2. The van der Waals surface area contributed by atoms with Crippen LogP contribution in [0.1, 0.15) is 21.5 Å². The first-order chi connectivity index (χ1) is 15.1. The first kappa shape index (κ1) is 21.6. The maximum Gasteiger partial charge on any atom is 0.253 e. The minimum Gasteiger partial charge on any atom is -0.487 e. The zero-order valence-corrected chi connectivity index (χ0v) is 18.5. The van der Waals surface area contributed by atoms with Crippen molar-refractivity contribution in [2.45, 2.75) is 13.2 Å². The standard InChI is InChI=1S/C24H23Cl2N3O2/c25-21-6-7-23(22(26)14-21)31-17-18-3-1-5-20(13-18)24(30)29-11-9-28(10-12-29)16-19-4-2-8-27-15-19/h1-8,13-15H,9-12,16-17H2. The van der Waals surface area contributed by atoms with Crippen LogP contribution in [-0.2, 0) is 13.2 Å². The Labute approximate surface area is 192 Å². The van der Waals surface area contributed by atoms with E-state index in [-0.39, 0.29) is 5.91 Å². The largest absolute Gasteiger partial charge is 0.487 e. The van der Waals surface area contributed by atoms with Crippen molar-refractivity contribution < 1.29 is 9.53 Å². The van der Waals surface area contributed by atoms with E-state index in [1.807, 2.05) is 41.4 Å². The molecule has 0 spiro atoms. The fourth-order valence-electron chi connectivity index (χ4n) is 3.59. The molecule has 160 valence electrons. The van der Waals surface area contributed by atoms with Gasteiger partial charge in [0.25, 0.3) is 5.91 Å². The summed E-state index contributed by atoms with van der Waals surface area (Å²) in [7, 11) is 0. The van der Waals surface area contributed by atoms with E-state index in [0.29, 0.717) is 41.1 Å². The molecule has 1 aliphatic rings. The van der Waals surface area contributed by atoms with Crippen LogP contribution in [0.2, 0.25) is 10.0 Å². The van der Waals surface area contributed by atoms with Crippen molar-refractivity contribution >= 4 is 29.1 Å². The normalized spacial score (nSPS) is 14.5. The van der Waals surface area contributed by atoms with Crippen molar-refractivity contribution in [2.24, 2.45) is 0 Å². The molecule has 1 aliphatic heterocycles. The second-order valence-corrected chi connectivity index (χ2v) is 8.34. The highest BCUT2D eigenvalue weighted by Crippen LogP contribution is 2.28. The van der Waals surface area contributed by atoms with Gasteiger partial charge in [0.1, 0.15) is 12.4 Å². The summed E-state index contributed by atoms with van der Waals surface area (Å²) >= 11 is 12.1. The summed E-state index contributed by atoms with van der Waals surface area (Å²) in [6.07, 6.45) is 3.67. The van der Waals surface area contributed by atoms with Crippen molar-refractivity contribution in [2.75, 3.05) is 26.2 Å². The molecule has 1 aromatic heterocycles. The van der Waals surface area contributed by atoms with E-state index < -0.39 is 0 Å². The molecule has 31 heavy (non-hydrogen) atoms. The lowest BCUT2D eigenvalue weighted by Crippen LogP contribution is -2.48. The lowest BCUT2D eigenvalue weighted by Gasteiger charge is -2.34. The van der Waals surface area contributed by atoms with E-state index in [1.54, 1.807) is 24.4 Å². The minimum atomic E-state index is 0.0485. The van der Waals surface area contributed by atoms with Crippen LogP contribution in [0.3, 0.4) is 0 Å². The van der Waals surface area contributed by atoms with Gasteiger partial charge >= 0.3 is 0 Å². The van der Waals surface area contributed by atoms with E-state index >= 15 is 0 Å². The Morgan fingerprint density at radius 2 is 1.77 bits per heavy atom. The van der Waals surface area contributed by atoms with E-state index in [0.717, 1.165) is 25.2 Å². The molecule has 0 saturated carbocycles. The number of piperazine rings is 1. The molecule has 0 aliphatic carbocycles. The molecule has 1 amide bonds. The van der Waals surface area contributed by atoms with E-state index in [1.165, 1.54) is 5.56 Å². The van der Waals surface area contributed by atoms with Gasteiger partial charge in [0, 0.05) is 55.7 Å². The first-order valence-corrected chi connectivity index (χ1v) is 10.9. The highest BCUT2D eigenvalue weighted by molar-refractivity contribution is 6.35. The maximum atomic E-state index is 13.0. The number of pyridine rings is 1. The monoisotopic (exact) mass is 455 g/mol. The number of halogens is 2. The average Bonchev–Trinajstić information content (AvgIpc) is 2.79. The van der Waals surface area contributed by atoms with Gasteiger partial charge in [-0.3, -0.25) is 14.7 Å².